The first-order chi connectivity index (χ1) is 7.59. The average Bonchev–Trinajstić information content (AvgIpc) is 2.98. The SMILES string of the molecule is CCOP(=O)(CC(=O)NCC1CC1)OCC. The maximum atomic E-state index is 12.0. The van der Waals surface area contributed by atoms with E-state index in [1.165, 1.54) is 12.8 Å². The van der Waals surface area contributed by atoms with Crippen molar-refractivity contribution in [2.45, 2.75) is 26.7 Å². The first-order valence-electron chi connectivity index (χ1n) is 5.74. The number of nitrogens with one attached hydrogen (secondary N) is 1. The smallest absolute Gasteiger partial charge is 0.340 e. The summed E-state index contributed by atoms with van der Waals surface area (Å²) in [4.78, 5) is 11.5. The fourth-order valence-corrected chi connectivity index (χ4v) is 2.84. The predicted octanol–water partition coefficient (Wildman–Crippen LogP) is 1.78. The molecule has 94 valence electrons. The van der Waals surface area contributed by atoms with Gasteiger partial charge in [-0.3, -0.25) is 9.36 Å². The Morgan fingerprint density at radius 1 is 1.31 bits per heavy atom. The van der Waals surface area contributed by atoms with Crippen LogP contribution >= 0.6 is 7.60 Å². The normalized spacial score (nSPS) is 16.1. The standard InChI is InChI=1S/C10H20NO4P/c1-3-14-16(13,15-4-2)8-10(12)11-7-9-5-6-9/h9H,3-8H2,1-2H3,(H,11,12). The molecular formula is C10H20NO4P. The molecule has 0 aromatic heterocycles. The summed E-state index contributed by atoms with van der Waals surface area (Å²) < 4.78 is 22.0. The van der Waals surface area contributed by atoms with E-state index in [4.69, 9.17) is 9.05 Å². The van der Waals surface area contributed by atoms with Crippen molar-refractivity contribution in [3.05, 3.63) is 0 Å². The molecule has 0 aliphatic heterocycles. The van der Waals surface area contributed by atoms with Crippen LogP contribution in [-0.4, -0.2) is 31.8 Å². The summed E-state index contributed by atoms with van der Waals surface area (Å²) in [6.07, 6.45) is 2.17. The second-order valence-corrected chi connectivity index (χ2v) is 5.91. The van der Waals surface area contributed by atoms with E-state index in [2.05, 4.69) is 5.32 Å². The average molecular weight is 249 g/mol. The van der Waals surface area contributed by atoms with E-state index in [1.54, 1.807) is 13.8 Å². The largest absolute Gasteiger partial charge is 0.355 e. The van der Waals surface area contributed by atoms with Crippen molar-refractivity contribution in [2.75, 3.05) is 25.9 Å². The van der Waals surface area contributed by atoms with Crippen LogP contribution in [0.3, 0.4) is 0 Å². The lowest BCUT2D eigenvalue weighted by atomic mass is 10.4. The Balaban J connectivity index is 2.33. The highest BCUT2D eigenvalue weighted by Gasteiger charge is 2.28. The summed E-state index contributed by atoms with van der Waals surface area (Å²) >= 11 is 0. The molecule has 0 bridgehead atoms. The third-order valence-corrected chi connectivity index (χ3v) is 4.25. The van der Waals surface area contributed by atoms with Crippen LogP contribution in [0.2, 0.25) is 0 Å². The van der Waals surface area contributed by atoms with Crippen LogP contribution in [0.15, 0.2) is 0 Å². The molecule has 0 radical (unpaired) electrons. The maximum absolute atomic E-state index is 12.0. The number of carbonyl (C=O) groups excluding carboxylic acids is 1. The van der Waals surface area contributed by atoms with Gasteiger partial charge in [0.25, 0.3) is 0 Å². The molecule has 0 spiro atoms. The topological polar surface area (TPSA) is 64.6 Å². The maximum Gasteiger partial charge on any atom is 0.340 e. The molecule has 0 saturated heterocycles. The van der Waals surface area contributed by atoms with Gasteiger partial charge in [-0.05, 0) is 32.6 Å². The minimum Gasteiger partial charge on any atom is -0.355 e. The van der Waals surface area contributed by atoms with E-state index in [1.807, 2.05) is 0 Å². The van der Waals surface area contributed by atoms with Gasteiger partial charge >= 0.3 is 7.60 Å². The molecule has 0 atom stereocenters. The summed E-state index contributed by atoms with van der Waals surface area (Å²) in [7, 11) is -3.23. The van der Waals surface area contributed by atoms with Crippen LogP contribution < -0.4 is 5.32 Å². The van der Waals surface area contributed by atoms with Crippen LogP contribution in [0, 0.1) is 5.92 Å². The summed E-state index contributed by atoms with van der Waals surface area (Å²) in [5, 5.41) is 2.75. The predicted molar refractivity (Wildman–Crippen MR) is 61.5 cm³/mol. The zero-order valence-corrected chi connectivity index (χ0v) is 10.8. The quantitative estimate of drug-likeness (QED) is 0.666. The van der Waals surface area contributed by atoms with Crippen molar-refractivity contribution in [3.8, 4) is 0 Å². The van der Waals surface area contributed by atoms with Gasteiger partial charge in [-0.15, -0.1) is 0 Å². The lowest BCUT2D eigenvalue weighted by Crippen LogP contribution is -2.29. The van der Waals surface area contributed by atoms with Crippen molar-refractivity contribution >= 4 is 13.5 Å². The molecule has 1 N–H and O–H groups in total. The Hall–Kier alpha value is -0.380. The summed E-state index contributed by atoms with van der Waals surface area (Å²) in [5.41, 5.74) is 0. The van der Waals surface area contributed by atoms with Gasteiger partial charge in [-0.1, -0.05) is 0 Å². The number of amides is 1. The van der Waals surface area contributed by atoms with E-state index >= 15 is 0 Å². The fourth-order valence-electron chi connectivity index (χ4n) is 1.33. The first kappa shape index (κ1) is 13.7. The molecular weight excluding hydrogens is 229 g/mol. The van der Waals surface area contributed by atoms with Gasteiger partial charge in [0.05, 0.1) is 13.2 Å². The third-order valence-electron chi connectivity index (χ3n) is 2.27. The fraction of sp³-hybridized carbons (Fsp3) is 0.900. The Kier molecular flexibility index (Phi) is 5.46. The second-order valence-electron chi connectivity index (χ2n) is 3.85. The molecule has 0 aromatic rings. The van der Waals surface area contributed by atoms with Crippen molar-refractivity contribution in [1.82, 2.24) is 5.32 Å². The number of carbonyl (C=O) groups is 1. The van der Waals surface area contributed by atoms with E-state index in [0.717, 1.165) is 0 Å². The van der Waals surface area contributed by atoms with Gasteiger partial charge in [0.1, 0.15) is 6.16 Å². The van der Waals surface area contributed by atoms with E-state index in [-0.39, 0.29) is 25.3 Å². The molecule has 1 amide bonds. The summed E-state index contributed by atoms with van der Waals surface area (Å²) in [6.45, 7) is 4.71. The Bertz CT molecular complexity index is 268. The monoisotopic (exact) mass is 249 g/mol. The van der Waals surface area contributed by atoms with Gasteiger partial charge in [0, 0.05) is 6.54 Å². The van der Waals surface area contributed by atoms with Crippen LogP contribution in [0.5, 0.6) is 0 Å². The van der Waals surface area contributed by atoms with Crippen LogP contribution in [0.1, 0.15) is 26.7 Å². The molecule has 1 saturated carbocycles. The zero-order valence-electron chi connectivity index (χ0n) is 9.90. The van der Waals surface area contributed by atoms with E-state index < -0.39 is 7.60 Å². The van der Waals surface area contributed by atoms with Crippen molar-refractivity contribution < 1.29 is 18.4 Å². The molecule has 0 heterocycles. The van der Waals surface area contributed by atoms with E-state index in [0.29, 0.717) is 12.5 Å². The lowest BCUT2D eigenvalue weighted by Gasteiger charge is -2.16. The minimum atomic E-state index is -3.23. The molecule has 1 aliphatic rings. The van der Waals surface area contributed by atoms with E-state index in [9.17, 15) is 9.36 Å². The van der Waals surface area contributed by atoms with Gasteiger partial charge in [0.2, 0.25) is 5.91 Å². The number of rotatable bonds is 8. The second kappa shape index (κ2) is 6.38. The number of hydrogen-bond acceptors (Lipinski definition) is 4. The third kappa shape index (κ3) is 5.10. The molecule has 5 nitrogen and oxygen atoms in total. The number of hydrogen-bond donors (Lipinski definition) is 1. The Morgan fingerprint density at radius 2 is 1.88 bits per heavy atom. The molecule has 1 fully saturated rings. The van der Waals surface area contributed by atoms with Gasteiger partial charge in [-0.25, -0.2) is 0 Å². The van der Waals surface area contributed by atoms with Crippen LogP contribution in [0.25, 0.3) is 0 Å². The van der Waals surface area contributed by atoms with Crippen molar-refractivity contribution in [3.63, 3.8) is 0 Å². The Labute approximate surface area is 96.4 Å². The summed E-state index contributed by atoms with van der Waals surface area (Å²) in [6, 6.07) is 0. The van der Waals surface area contributed by atoms with Gasteiger partial charge < -0.3 is 14.4 Å². The van der Waals surface area contributed by atoms with Crippen LogP contribution in [-0.2, 0) is 18.4 Å². The zero-order chi connectivity index (χ0) is 12.0. The highest BCUT2D eigenvalue weighted by Crippen LogP contribution is 2.47. The molecule has 1 rings (SSSR count). The van der Waals surface area contributed by atoms with Gasteiger partial charge in [-0.2, -0.15) is 0 Å². The molecule has 0 unspecified atom stereocenters. The van der Waals surface area contributed by atoms with Crippen molar-refractivity contribution in [1.29, 1.82) is 0 Å². The lowest BCUT2D eigenvalue weighted by molar-refractivity contribution is -0.118. The highest BCUT2D eigenvalue weighted by atomic mass is 31.2. The van der Waals surface area contributed by atoms with Gasteiger partial charge in [0.15, 0.2) is 0 Å². The molecule has 1 aliphatic carbocycles. The molecule has 0 aromatic carbocycles. The minimum absolute atomic E-state index is 0.179. The van der Waals surface area contributed by atoms with Crippen molar-refractivity contribution in [2.24, 2.45) is 5.92 Å². The molecule has 6 heteroatoms. The van der Waals surface area contributed by atoms with Crippen LogP contribution in [0.4, 0.5) is 0 Å². The summed E-state index contributed by atoms with van der Waals surface area (Å²) in [5.74, 6) is 0.361. The first-order valence-corrected chi connectivity index (χ1v) is 7.47. The Morgan fingerprint density at radius 3 is 2.31 bits per heavy atom. The molecule has 16 heavy (non-hydrogen) atoms. The highest BCUT2D eigenvalue weighted by molar-refractivity contribution is 7.54.